The zero-order valence-corrected chi connectivity index (χ0v) is 17.6. The fourth-order valence-electron chi connectivity index (χ4n) is 2.57. The third-order valence-electron chi connectivity index (χ3n) is 4.37. The van der Waals surface area contributed by atoms with Crippen molar-refractivity contribution in [2.24, 2.45) is 0 Å². The van der Waals surface area contributed by atoms with E-state index < -0.39 is 0 Å². The van der Waals surface area contributed by atoms with Gasteiger partial charge in [0.05, 0.1) is 5.25 Å². The molecule has 0 aliphatic rings. The number of anilines is 1. The summed E-state index contributed by atoms with van der Waals surface area (Å²) in [6.45, 7) is 10.3. The van der Waals surface area contributed by atoms with Crippen LogP contribution in [0.5, 0.6) is 0 Å². The molecule has 3 rings (SSSR count). The van der Waals surface area contributed by atoms with Crippen LogP contribution in [0.1, 0.15) is 38.8 Å². The highest BCUT2D eigenvalue weighted by Gasteiger charge is 2.19. The molecule has 0 bridgehead atoms. The van der Waals surface area contributed by atoms with E-state index >= 15 is 0 Å². The molecule has 2 aromatic carbocycles. The first-order chi connectivity index (χ1) is 13.2. The first-order valence-corrected chi connectivity index (χ1v) is 10.1. The molecule has 6 heteroatoms. The maximum absolute atomic E-state index is 12.5. The van der Waals surface area contributed by atoms with E-state index in [9.17, 15) is 4.79 Å². The van der Waals surface area contributed by atoms with E-state index in [0.29, 0.717) is 11.1 Å². The fraction of sp³-hybridized carbons (Fsp3) is 0.318. The Morgan fingerprint density at radius 3 is 2.29 bits per heavy atom. The van der Waals surface area contributed by atoms with Crippen molar-refractivity contribution in [3.05, 3.63) is 59.7 Å². The zero-order valence-electron chi connectivity index (χ0n) is 16.8. The van der Waals surface area contributed by atoms with Gasteiger partial charge in [-0.05, 0) is 49.1 Å². The van der Waals surface area contributed by atoms with E-state index in [-0.39, 0.29) is 16.6 Å². The number of thioether (sulfide) groups is 1. The molecule has 1 aromatic heterocycles. The van der Waals surface area contributed by atoms with Crippen LogP contribution in [0.4, 0.5) is 5.69 Å². The van der Waals surface area contributed by atoms with Crippen LogP contribution in [0.3, 0.4) is 0 Å². The molecular weight excluding hydrogens is 370 g/mol. The molecule has 146 valence electrons. The summed E-state index contributed by atoms with van der Waals surface area (Å²) >= 11 is 1.24. The Hall–Kier alpha value is -2.60. The normalized spacial score (nSPS) is 12.6. The van der Waals surface area contributed by atoms with Crippen molar-refractivity contribution in [2.75, 3.05) is 5.32 Å². The summed E-state index contributed by atoms with van der Waals surface area (Å²) in [5.74, 6) is 0.344. The molecule has 0 aliphatic heterocycles. The Bertz CT molecular complexity index is 941. The van der Waals surface area contributed by atoms with Gasteiger partial charge in [0.25, 0.3) is 5.22 Å². The van der Waals surface area contributed by atoms with Crippen molar-refractivity contribution in [3.63, 3.8) is 0 Å². The highest BCUT2D eigenvalue weighted by molar-refractivity contribution is 8.00. The van der Waals surface area contributed by atoms with E-state index in [2.05, 4.69) is 36.3 Å². The second kappa shape index (κ2) is 8.19. The van der Waals surface area contributed by atoms with Crippen molar-refractivity contribution < 1.29 is 9.21 Å². The van der Waals surface area contributed by atoms with Gasteiger partial charge >= 0.3 is 0 Å². The predicted molar refractivity (Wildman–Crippen MR) is 114 cm³/mol. The van der Waals surface area contributed by atoms with Crippen LogP contribution in [0.15, 0.2) is 58.2 Å². The Kier molecular flexibility index (Phi) is 5.89. The SMILES string of the molecule is Cc1ccc(-c2nnc(SC(C)C(=O)Nc3ccc(C(C)(C)C)cc3)o2)cc1. The molecule has 0 spiro atoms. The van der Waals surface area contributed by atoms with Crippen LogP contribution in [0.25, 0.3) is 11.5 Å². The summed E-state index contributed by atoms with van der Waals surface area (Å²) < 4.78 is 5.69. The van der Waals surface area contributed by atoms with Crippen LogP contribution in [-0.2, 0) is 10.2 Å². The Labute approximate surface area is 170 Å². The molecule has 0 saturated carbocycles. The van der Waals surface area contributed by atoms with Gasteiger partial charge in [0, 0.05) is 11.3 Å². The van der Waals surface area contributed by atoms with E-state index in [4.69, 9.17) is 4.42 Å². The van der Waals surface area contributed by atoms with Gasteiger partial charge in [-0.3, -0.25) is 4.79 Å². The number of hydrogen-bond donors (Lipinski definition) is 1. The number of amides is 1. The average Bonchev–Trinajstić information content (AvgIpc) is 3.10. The minimum atomic E-state index is -0.367. The summed E-state index contributed by atoms with van der Waals surface area (Å²) in [5, 5.41) is 11.1. The van der Waals surface area contributed by atoms with Crippen molar-refractivity contribution >= 4 is 23.4 Å². The second-order valence-electron chi connectivity index (χ2n) is 7.82. The van der Waals surface area contributed by atoms with Gasteiger partial charge < -0.3 is 9.73 Å². The topological polar surface area (TPSA) is 68.0 Å². The quantitative estimate of drug-likeness (QED) is 0.581. The molecular formula is C22H25N3O2S. The number of carbonyl (C=O) groups is 1. The maximum Gasteiger partial charge on any atom is 0.277 e. The second-order valence-corrected chi connectivity index (χ2v) is 9.11. The minimum Gasteiger partial charge on any atom is -0.411 e. The van der Waals surface area contributed by atoms with Gasteiger partial charge in [0.1, 0.15) is 0 Å². The van der Waals surface area contributed by atoms with Gasteiger partial charge in [-0.1, -0.05) is 62.4 Å². The van der Waals surface area contributed by atoms with Crippen molar-refractivity contribution in [3.8, 4) is 11.5 Å². The summed E-state index contributed by atoms with van der Waals surface area (Å²) in [5.41, 5.74) is 4.11. The summed E-state index contributed by atoms with van der Waals surface area (Å²) in [6, 6.07) is 15.8. The number of nitrogens with one attached hydrogen (secondary N) is 1. The van der Waals surface area contributed by atoms with E-state index in [1.165, 1.54) is 22.9 Å². The molecule has 3 aromatic rings. The highest BCUT2D eigenvalue weighted by Crippen LogP contribution is 2.27. The van der Waals surface area contributed by atoms with Gasteiger partial charge in [0.2, 0.25) is 11.8 Å². The van der Waals surface area contributed by atoms with E-state index in [1.807, 2.05) is 62.4 Å². The van der Waals surface area contributed by atoms with Gasteiger partial charge in [-0.2, -0.15) is 0 Å². The molecule has 1 unspecified atom stereocenters. The number of aryl methyl sites for hydroxylation is 1. The minimum absolute atomic E-state index is 0.0821. The molecule has 0 aliphatic carbocycles. The number of aromatic nitrogens is 2. The Morgan fingerprint density at radius 1 is 1.04 bits per heavy atom. The lowest BCUT2D eigenvalue weighted by molar-refractivity contribution is -0.115. The van der Waals surface area contributed by atoms with Crippen LogP contribution in [-0.4, -0.2) is 21.4 Å². The Morgan fingerprint density at radius 2 is 1.68 bits per heavy atom. The van der Waals surface area contributed by atoms with Gasteiger partial charge in [-0.25, -0.2) is 0 Å². The highest BCUT2D eigenvalue weighted by atomic mass is 32.2. The molecule has 0 fully saturated rings. The third-order valence-corrected chi connectivity index (χ3v) is 5.30. The molecule has 0 radical (unpaired) electrons. The number of benzene rings is 2. The fourth-order valence-corrected chi connectivity index (χ4v) is 3.26. The van der Waals surface area contributed by atoms with Crippen LogP contribution >= 0.6 is 11.8 Å². The average molecular weight is 396 g/mol. The molecule has 28 heavy (non-hydrogen) atoms. The Balaban J connectivity index is 1.61. The molecule has 5 nitrogen and oxygen atoms in total. The third kappa shape index (κ3) is 5.01. The summed E-state index contributed by atoms with van der Waals surface area (Å²) in [4.78, 5) is 12.5. The summed E-state index contributed by atoms with van der Waals surface area (Å²) in [6.07, 6.45) is 0. The van der Waals surface area contributed by atoms with E-state index in [0.717, 1.165) is 11.3 Å². The molecule has 1 heterocycles. The van der Waals surface area contributed by atoms with Crippen molar-refractivity contribution in [1.29, 1.82) is 0 Å². The van der Waals surface area contributed by atoms with E-state index in [1.54, 1.807) is 0 Å². The number of hydrogen-bond acceptors (Lipinski definition) is 5. The van der Waals surface area contributed by atoms with Crippen LogP contribution in [0, 0.1) is 6.92 Å². The molecule has 1 atom stereocenters. The van der Waals surface area contributed by atoms with Gasteiger partial charge in [-0.15, -0.1) is 10.2 Å². The maximum atomic E-state index is 12.5. The lowest BCUT2D eigenvalue weighted by Gasteiger charge is -2.19. The monoisotopic (exact) mass is 395 g/mol. The molecule has 1 N–H and O–H groups in total. The lowest BCUT2D eigenvalue weighted by atomic mass is 9.87. The number of rotatable bonds is 5. The number of carbonyl (C=O) groups excluding carboxylic acids is 1. The first-order valence-electron chi connectivity index (χ1n) is 9.21. The standard InChI is InChI=1S/C22H25N3O2S/c1-14-6-8-16(9-7-14)20-24-25-21(27-20)28-15(2)19(26)23-18-12-10-17(11-13-18)22(3,4)5/h6-13,15H,1-5H3,(H,23,26). The largest absolute Gasteiger partial charge is 0.411 e. The van der Waals surface area contributed by atoms with Crippen molar-refractivity contribution in [2.45, 2.75) is 50.5 Å². The van der Waals surface area contributed by atoms with Crippen molar-refractivity contribution in [1.82, 2.24) is 10.2 Å². The zero-order chi connectivity index (χ0) is 20.3. The number of nitrogens with zero attached hydrogens (tertiary/aromatic N) is 2. The molecule has 1 amide bonds. The smallest absolute Gasteiger partial charge is 0.277 e. The first kappa shape index (κ1) is 20.1. The predicted octanol–water partition coefficient (Wildman–Crippen LogP) is 5.46. The van der Waals surface area contributed by atoms with Crippen LogP contribution in [0.2, 0.25) is 0 Å². The lowest BCUT2D eigenvalue weighted by Crippen LogP contribution is -2.22. The van der Waals surface area contributed by atoms with Crippen LogP contribution < -0.4 is 5.32 Å². The summed E-state index contributed by atoms with van der Waals surface area (Å²) in [7, 11) is 0. The molecule has 0 saturated heterocycles. The van der Waals surface area contributed by atoms with Gasteiger partial charge in [0.15, 0.2) is 0 Å².